The second kappa shape index (κ2) is 4.05. The van der Waals surface area contributed by atoms with Gasteiger partial charge in [0.25, 0.3) is 0 Å². The number of para-hydroxylation sites is 1. The molecule has 13 heavy (non-hydrogen) atoms. The van der Waals surface area contributed by atoms with Crippen molar-refractivity contribution in [3.05, 3.63) is 29.8 Å². The molecular weight excluding hydrogens is 168 g/mol. The molecule has 0 aliphatic carbocycles. The normalized spacial score (nSPS) is 12.2. The van der Waals surface area contributed by atoms with Gasteiger partial charge < -0.3 is 9.84 Å². The molecule has 1 N–H and O–H groups in total. The number of carbonyl (C=O) groups is 1. The molecule has 0 aliphatic rings. The van der Waals surface area contributed by atoms with Gasteiger partial charge in [0.05, 0.1) is 7.11 Å². The first kappa shape index (κ1) is 9.74. The molecule has 0 spiro atoms. The summed E-state index contributed by atoms with van der Waals surface area (Å²) in [5.74, 6) is 0.245. The van der Waals surface area contributed by atoms with Crippen LogP contribution in [0.25, 0.3) is 0 Å². The molecule has 70 valence electrons. The fraction of sp³-hybridized carbons (Fsp3) is 0.300. The second-order valence-corrected chi connectivity index (χ2v) is 2.76. The summed E-state index contributed by atoms with van der Waals surface area (Å²) in [5.41, 5.74) is 0.512. The Kier molecular flexibility index (Phi) is 3.03. The molecule has 1 aromatic rings. The molecule has 0 unspecified atom stereocenters. The zero-order chi connectivity index (χ0) is 9.84. The Labute approximate surface area is 77.0 Å². The van der Waals surface area contributed by atoms with Crippen molar-refractivity contribution in [2.24, 2.45) is 0 Å². The summed E-state index contributed by atoms with van der Waals surface area (Å²) in [6.07, 6.45) is -1.09. The summed E-state index contributed by atoms with van der Waals surface area (Å²) in [5, 5.41) is 9.48. The highest BCUT2D eigenvalue weighted by Crippen LogP contribution is 2.24. The number of methoxy groups -OCH3 is 1. The van der Waals surface area contributed by atoms with Crippen LogP contribution in [0.4, 0.5) is 0 Å². The predicted octanol–water partition coefficient (Wildman–Crippen LogP) is 1.32. The van der Waals surface area contributed by atoms with Crippen molar-refractivity contribution in [3.63, 3.8) is 0 Å². The van der Waals surface area contributed by atoms with E-state index in [4.69, 9.17) is 4.74 Å². The molecule has 0 amide bonds. The molecule has 0 bridgehead atoms. The van der Waals surface area contributed by atoms with E-state index in [0.29, 0.717) is 11.3 Å². The Balaban J connectivity index is 3.05. The van der Waals surface area contributed by atoms with Crippen LogP contribution in [0.3, 0.4) is 0 Å². The van der Waals surface area contributed by atoms with Gasteiger partial charge in [0.15, 0.2) is 5.78 Å². The molecule has 0 heterocycles. The lowest BCUT2D eigenvalue weighted by Gasteiger charge is -2.11. The number of ketones is 1. The monoisotopic (exact) mass is 180 g/mol. The van der Waals surface area contributed by atoms with Crippen LogP contribution >= 0.6 is 0 Å². The number of benzene rings is 1. The van der Waals surface area contributed by atoms with Gasteiger partial charge in [0, 0.05) is 5.56 Å². The van der Waals surface area contributed by atoms with Gasteiger partial charge in [-0.1, -0.05) is 18.2 Å². The van der Waals surface area contributed by atoms with Gasteiger partial charge in [-0.25, -0.2) is 0 Å². The molecule has 0 fully saturated rings. The minimum atomic E-state index is -1.09. The molecule has 1 atom stereocenters. The third-order valence-corrected chi connectivity index (χ3v) is 1.82. The second-order valence-electron chi connectivity index (χ2n) is 2.76. The van der Waals surface area contributed by atoms with E-state index < -0.39 is 6.10 Å². The topological polar surface area (TPSA) is 46.5 Å². The summed E-state index contributed by atoms with van der Waals surface area (Å²) < 4.78 is 5.00. The molecule has 0 aromatic heterocycles. The number of Topliss-reactive ketones (excluding diaryl/α,β-unsaturated/α-hetero) is 1. The largest absolute Gasteiger partial charge is 0.496 e. The third kappa shape index (κ3) is 2.06. The van der Waals surface area contributed by atoms with Crippen LogP contribution in [0.1, 0.15) is 18.6 Å². The van der Waals surface area contributed by atoms with Crippen molar-refractivity contribution in [1.82, 2.24) is 0 Å². The first-order valence-corrected chi connectivity index (χ1v) is 3.98. The minimum absolute atomic E-state index is 0.287. The zero-order valence-electron chi connectivity index (χ0n) is 7.65. The van der Waals surface area contributed by atoms with Gasteiger partial charge in [-0.15, -0.1) is 0 Å². The fourth-order valence-corrected chi connectivity index (χ4v) is 1.11. The van der Waals surface area contributed by atoms with Crippen molar-refractivity contribution >= 4 is 5.78 Å². The summed E-state index contributed by atoms with van der Waals surface area (Å²) in [4.78, 5) is 10.9. The highest BCUT2D eigenvalue weighted by Gasteiger charge is 2.16. The molecule has 0 saturated heterocycles. The summed E-state index contributed by atoms with van der Waals surface area (Å²) in [6, 6.07) is 6.92. The van der Waals surface area contributed by atoms with Gasteiger partial charge in [-0.05, 0) is 13.0 Å². The van der Waals surface area contributed by atoms with Crippen LogP contribution in [0.15, 0.2) is 24.3 Å². The highest BCUT2D eigenvalue weighted by molar-refractivity contribution is 5.82. The summed E-state index contributed by atoms with van der Waals surface area (Å²) in [7, 11) is 1.51. The Hall–Kier alpha value is -1.35. The standard InChI is InChI=1S/C10H12O3/c1-7(11)10(12)8-5-3-4-6-9(8)13-2/h3-6,10,12H,1-2H3/t10-/m0/s1. The van der Waals surface area contributed by atoms with Crippen molar-refractivity contribution in [1.29, 1.82) is 0 Å². The number of aliphatic hydroxyl groups is 1. The van der Waals surface area contributed by atoms with Crippen molar-refractivity contribution < 1.29 is 14.6 Å². The van der Waals surface area contributed by atoms with Crippen LogP contribution in [0, 0.1) is 0 Å². The molecule has 0 radical (unpaired) electrons. The van der Waals surface area contributed by atoms with Gasteiger partial charge in [0.1, 0.15) is 11.9 Å². The Morgan fingerprint density at radius 3 is 2.62 bits per heavy atom. The van der Waals surface area contributed by atoms with E-state index in [9.17, 15) is 9.90 Å². The Morgan fingerprint density at radius 2 is 2.08 bits per heavy atom. The first-order valence-electron chi connectivity index (χ1n) is 3.98. The molecule has 3 heteroatoms. The minimum Gasteiger partial charge on any atom is -0.496 e. The van der Waals surface area contributed by atoms with Crippen molar-refractivity contribution in [3.8, 4) is 5.75 Å². The predicted molar refractivity (Wildman–Crippen MR) is 48.6 cm³/mol. The lowest BCUT2D eigenvalue weighted by molar-refractivity contribution is -0.125. The van der Waals surface area contributed by atoms with E-state index in [-0.39, 0.29) is 5.78 Å². The number of hydrogen-bond donors (Lipinski definition) is 1. The summed E-state index contributed by atoms with van der Waals surface area (Å²) in [6.45, 7) is 1.34. The van der Waals surface area contributed by atoms with Crippen LogP contribution < -0.4 is 4.74 Å². The lowest BCUT2D eigenvalue weighted by Crippen LogP contribution is -2.08. The van der Waals surface area contributed by atoms with E-state index >= 15 is 0 Å². The maximum atomic E-state index is 10.9. The molecule has 3 nitrogen and oxygen atoms in total. The average molecular weight is 180 g/mol. The number of hydrogen-bond acceptors (Lipinski definition) is 3. The van der Waals surface area contributed by atoms with E-state index in [1.165, 1.54) is 14.0 Å². The number of rotatable bonds is 3. The quantitative estimate of drug-likeness (QED) is 0.763. The van der Waals surface area contributed by atoms with E-state index in [1.807, 2.05) is 0 Å². The van der Waals surface area contributed by atoms with E-state index in [2.05, 4.69) is 0 Å². The smallest absolute Gasteiger partial charge is 0.162 e. The number of aliphatic hydroxyl groups excluding tert-OH is 1. The number of ether oxygens (including phenoxy) is 1. The molecular formula is C10H12O3. The average Bonchev–Trinajstić information content (AvgIpc) is 2.16. The lowest BCUT2D eigenvalue weighted by atomic mass is 10.1. The van der Waals surface area contributed by atoms with Crippen LogP contribution in [-0.2, 0) is 4.79 Å². The van der Waals surface area contributed by atoms with Gasteiger partial charge in [-0.3, -0.25) is 4.79 Å². The van der Waals surface area contributed by atoms with E-state index in [1.54, 1.807) is 24.3 Å². The SMILES string of the molecule is COc1ccccc1[C@@H](O)C(C)=O. The summed E-state index contributed by atoms with van der Waals surface area (Å²) >= 11 is 0. The molecule has 1 aromatic carbocycles. The molecule has 1 rings (SSSR count). The molecule has 0 saturated carbocycles. The van der Waals surface area contributed by atoms with Crippen LogP contribution in [0.2, 0.25) is 0 Å². The van der Waals surface area contributed by atoms with Gasteiger partial charge in [-0.2, -0.15) is 0 Å². The first-order chi connectivity index (χ1) is 6.16. The maximum Gasteiger partial charge on any atom is 0.162 e. The van der Waals surface area contributed by atoms with Gasteiger partial charge >= 0.3 is 0 Å². The maximum absolute atomic E-state index is 10.9. The van der Waals surface area contributed by atoms with E-state index in [0.717, 1.165) is 0 Å². The highest BCUT2D eigenvalue weighted by atomic mass is 16.5. The van der Waals surface area contributed by atoms with Crippen molar-refractivity contribution in [2.75, 3.05) is 7.11 Å². The number of carbonyl (C=O) groups excluding carboxylic acids is 1. The van der Waals surface area contributed by atoms with Gasteiger partial charge in [0.2, 0.25) is 0 Å². The Bertz CT molecular complexity index is 307. The zero-order valence-corrected chi connectivity index (χ0v) is 7.65. The van der Waals surface area contributed by atoms with Crippen molar-refractivity contribution in [2.45, 2.75) is 13.0 Å². The van der Waals surface area contributed by atoms with Crippen LogP contribution in [-0.4, -0.2) is 18.0 Å². The van der Waals surface area contributed by atoms with Crippen LogP contribution in [0.5, 0.6) is 5.75 Å². The third-order valence-electron chi connectivity index (χ3n) is 1.82. The molecule has 0 aliphatic heterocycles. The Morgan fingerprint density at radius 1 is 1.46 bits per heavy atom. The fourth-order valence-electron chi connectivity index (χ4n) is 1.11.